The second-order valence-corrected chi connectivity index (χ2v) is 5.46. The molecular weight excluding hydrogens is 283 g/mol. The summed E-state index contributed by atoms with van der Waals surface area (Å²) in [6.45, 7) is 0.504. The van der Waals surface area contributed by atoms with Gasteiger partial charge in [0.2, 0.25) is 0 Å². The minimum Gasteiger partial charge on any atom is -0.489 e. The minimum atomic E-state index is -0.266. The standard InChI is InChI=1S/C18H19FO3/c19-15-7-9-16(21-12-13-4-2-1-3-5-13)14(10-15)6-8-17-18(11-20)22-17/h1-5,7,9-10,17-18,20H,6,8,11-12H2. The summed E-state index contributed by atoms with van der Waals surface area (Å²) in [7, 11) is 0. The maximum atomic E-state index is 13.5. The van der Waals surface area contributed by atoms with E-state index in [0.717, 1.165) is 17.5 Å². The molecule has 22 heavy (non-hydrogen) atoms. The number of hydrogen-bond donors (Lipinski definition) is 1. The first-order valence-corrected chi connectivity index (χ1v) is 7.48. The van der Waals surface area contributed by atoms with Gasteiger partial charge in [0.15, 0.2) is 0 Å². The highest BCUT2D eigenvalue weighted by atomic mass is 19.1. The van der Waals surface area contributed by atoms with Gasteiger partial charge in [-0.25, -0.2) is 4.39 Å². The van der Waals surface area contributed by atoms with Crippen molar-refractivity contribution in [1.82, 2.24) is 0 Å². The van der Waals surface area contributed by atoms with E-state index >= 15 is 0 Å². The first-order valence-electron chi connectivity index (χ1n) is 7.48. The molecule has 2 unspecified atom stereocenters. The minimum absolute atomic E-state index is 0.0468. The van der Waals surface area contributed by atoms with Crippen LogP contribution in [0.25, 0.3) is 0 Å². The van der Waals surface area contributed by atoms with E-state index in [1.165, 1.54) is 12.1 Å². The lowest BCUT2D eigenvalue weighted by molar-refractivity contribution is 0.241. The first kappa shape index (κ1) is 15.0. The van der Waals surface area contributed by atoms with Crippen molar-refractivity contribution in [2.75, 3.05) is 6.61 Å². The summed E-state index contributed by atoms with van der Waals surface area (Å²) in [6, 6.07) is 14.5. The molecule has 0 saturated carbocycles. The normalized spacial score (nSPS) is 19.9. The van der Waals surface area contributed by atoms with Gasteiger partial charge in [-0.2, -0.15) is 0 Å². The highest BCUT2D eigenvalue weighted by Crippen LogP contribution is 2.29. The van der Waals surface area contributed by atoms with Gasteiger partial charge >= 0.3 is 0 Å². The van der Waals surface area contributed by atoms with Crippen molar-refractivity contribution in [2.45, 2.75) is 31.7 Å². The van der Waals surface area contributed by atoms with Gasteiger partial charge in [0, 0.05) is 0 Å². The fraction of sp³-hybridized carbons (Fsp3) is 0.333. The summed E-state index contributed by atoms with van der Waals surface area (Å²) in [6.07, 6.45) is 1.46. The number of aryl methyl sites for hydroxylation is 1. The maximum absolute atomic E-state index is 13.5. The number of ether oxygens (including phenoxy) is 2. The molecule has 1 heterocycles. The van der Waals surface area contributed by atoms with Crippen LogP contribution in [0.4, 0.5) is 4.39 Å². The number of aliphatic hydroxyl groups is 1. The molecule has 2 atom stereocenters. The van der Waals surface area contributed by atoms with E-state index in [0.29, 0.717) is 18.8 Å². The topological polar surface area (TPSA) is 42.0 Å². The van der Waals surface area contributed by atoms with Crippen molar-refractivity contribution < 1.29 is 19.0 Å². The molecule has 0 bridgehead atoms. The lowest BCUT2D eigenvalue weighted by atomic mass is 10.1. The van der Waals surface area contributed by atoms with Gasteiger partial charge in [-0.15, -0.1) is 0 Å². The van der Waals surface area contributed by atoms with Gasteiger partial charge in [0.25, 0.3) is 0 Å². The van der Waals surface area contributed by atoms with Crippen LogP contribution in [0.15, 0.2) is 48.5 Å². The number of halogens is 1. The molecule has 2 aromatic carbocycles. The molecule has 0 aromatic heterocycles. The average molecular weight is 302 g/mol. The van der Waals surface area contributed by atoms with E-state index in [1.807, 2.05) is 30.3 Å². The van der Waals surface area contributed by atoms with E-state index in [2.05, 4.69) is 0 Å². The van der Waals surface area contributed by atoms with Crippen molar-refractivity contribution in [3.63, 3.8) is 0 Å². The van der Waals surface area contributed by atoms with Gasteiger partial charge < -0.3 is 14.6 Å². The van der Waals surface area contributed by atoms with Crippen LogP contribution in [-0.2, 0) is 17.8 Å². The highest BCUT2D eigenvalue weighted by molar-refractivity contribution is 5.34. The van der Waals surface area contributed by atoms with Crippen LogP contribution in [0, 0.1) is 5.82 Å². The third-order valence-corrected chi connectivity index (χ3v) is 3.83. The average Bonchev–Trinajstić information content (AvgIpc) is 3.31. The Hall–Kier alpha value is -1.91. The Bertz CT molecular complexity index is 615. The summed E-state index contributed by atoms with van der Waals surface area (Å²) in [5.74, 6) is 0.434. The Kier molecular flexibility index (Phi) is 4.71. The summed E-state index contributed by atoms with van der Waals surface area (Å²) >= 11 is 0. The SMILES string of the molecule is OCC1OC1CCc1cc(F)ccc1OCc1ccccc1. The molecule has 1 aliphatic heterocycles. The maximum Gasteiger partial charge on any atom is 0.123 e. The lowest BCUT2D eigenvalue weighted by Crippen LogP contribution is -2.03. The predicted octanol–water partition coefficient (Wildman–Crippen LogP) is 3.10. The molecule has 116 valence electrons. The fourth-order valence-corrected chi connectivity index (χ4v) is 2.51. The summed E-state index contributed by atoms with van der Waals surface area (Å²) in [5.41, 5.74) is 1.91. The summed E-state index contributed by atoms with van der Waals surface area (Å²) in [4.78, 5) is 0. The lowest BCUT2D eigenvalue weighted by Gasteiger charge is -2.11. The molecule has 0 radical (unpaired) electrons. The second-order valence-electron chi connectivity index (χ2n) is 5.46. The van der Waals surface area contributed by atoms with E-state index in [4.69, 9.17) is 14.6 Å². The highest BCUT2D eigenvalue weighted by Gasteiger charge is 2.37. The quantitative estimate of drug-likeness (QED) is 0.799. The molecule has 2 aromatic rings. The van der Waals surface area contributed by atoms with Crippen LogP contribution in [-0.4, -0.2) is 23.9 Å². The second kappa shape index (κ2) is 6.90. The molecule has 1 aliphatic rings. The van der Waals surface area contributed by atoms with Crippen LogP contribution < -0.4 is 4.74 Å². The van der Waals surface area contributed by atoms with Gasteiger partial charge in [-0.3, -0.25) is 0 Å². The van der Waals surface area contributed by atoms with Gasteiger partial charge in [-0.1, -0.05) is 30.3 Å². The molecule has 3 nitrogen and oxygen atoms in total. The summed E-state index contributed by atoms with van der Waals surface area (Å²) in [5, 5.41) is 8.97. The number of epoxide rings is 1. The molecular formula is C18H19FO3. The molecule has 4 heteroatoms. The number of benzene rings is 2. The zero-order valence-electron chi connectivity index (χ0n) is 12.2. The third-order valence-electron chi connectivity index (χ3n) is 3.83. The largest absolute Gasteiger partial charge is 0.489 e. The van der Waals surface area contributed by atoms with E-state index in [-0.39, 0.29) is 24.6 Å². The zero-order chi connectivity index (χ0) is 15.4. The molecule has 1 N–H and O–H groups in total. The number of rotatable bonds is 7. The van der Waals surface area contributed by atoms with Crippen LogP contribution >= 0.6 is 0 Å². The molecule has 0 spiro atoms. The Balaban J connectivity index is 1.62. The van der Waals surface area contributed by atoms with Crippen molar-refractivity contribution >= 4 is 0 Å². The van der Waals surface area contributed by atoms with Crippen LogP contribution in [0.1, 0.15) is 17.5 Å². The fourth-order valence-electron chi connectivity index (χ4n) is 2.51. The van der Waals surface area contributed by atoms with Gasteiger partial charge in [0.05, 0.1) is 12.7 Å². The van der Waals surface area contributed by atoms with Gasteiger partial charge in [-0.05, 0) is 42.2 Å². The van der Waals surface area contributed by atoms with E-state index < -0.39 is 0 Å². The molecule has 0 aliphatic carbocycles. The van der Waals surface area contributed by atoms with Crippen molar-refractivity contribution in [3.8, 4) is 5.75 Å². The Morgan fingerprint density at radius 3 is 2.64 bits per heavy atom. The Morgan fingerprint density at radius 2 is 1.91 bits per heavy atom. The van der Waals surface area contributed by atoms with Gasteiger partial charge in [0.1, 0.15) is 24.3 Å². The predicted molar refractivity (Wildman–Crippen MR) is 81.2 cm³/mol. The van der Waals surface area contributed by atoms with Crippen molar-refractivity contribution in [1.29, 1.82) is 0 Å². The van der Waals surface area contributed by atoms with Crippen LogP contribution in [0.5, 0.6) is 5.75 Å². The Labute approximate surface area is 129 Å². The van der Waals surface area contributed by atoms with Crippen molar-refractivity contribution in [2.24, 2.45) is 0 Å². The van der Waals surface area contributed by atoms with E-state index in [9.17, 15) is 4.39 Å². The third kappa shape index (κ3) is 3.84. The Morgan fingerprint density at radius 1 is 1.09 bits per heavy atom. The zero-order valence-corrected chi connectivity index (χ0v) is 12.2. The first-order chi connectivity index (χ1) is 10.8. The molecule has 1 fully saturated rings. The van der Waals surface area contributed by atoms with E-state index in [1.54, 1.807) is 6.07 Å². The molecule has 0 amide bonds. The molecule has 1 saturated heterocycles. The van der Waals surface area contributed by atoms with Crippen molar-refractivity contribution in [3.05, 3.63) is 65.5 Å². The number of hydrogen-bond acceptors (Lipinski definition) is 3. The monoisotopic (exact) mass is 302 g/mol. The number of aliphatic hydroxyl groups excluding tert-OH is 1. The molecule has 3 rings (SSSR count). The smallest absolute Gasteiger partial charge is 0.123 e. The van der Waals surface area contributed by atoms with Crippen LogP contribution in [0.3, 0.4) is 0 Å². The van der Waals surface area contributed by atoms with Crippen LogP contribution in [0.2, 0.25) is 0 Å². The summed E-state index contributed by atoms with van der Waals surface area (Å²) < 4.78 is 24.6.